The Morgan fingerprint density at radius 2 is 1.73 bits per heavy atom. The van der Waals surface area contributed by atoms with Gasteiger partial charge in [-0.25, -0.2) is 4.79 Å². The predicted molar refractivity (Wildman–Crippen MR) is 161 cm³/mol. The van der Waals surface area contributed by atoms with Crippen molar-refractivity contribution >= 4 is 52.3 Å². The Morgan fingerprint density at radius 1 is 1.05 bits per heavy atom. The highest BCUT2D eigenvalue weighted by atomic mass is 35.5. The summed E-state index contributed by atoms with van der Waals surface area (Å²) in [4.78, 5) is 40.8. The summed E-state index contributed by atoms with van der Waals surface area (Å²) in [5, 5.41) is 2.95. The molecule has 1 heterocycles. The Morgan fingerprint density at radius 3 is 2.41 bits per heavy atom. The molecule has 41 heavy (non-hydrogen) atoms. The molecular formula is C32H33ClN3O5. The van der Waals surface area contributed by atoms with Gasteiger partial charge in [0.25, 0.3) is 5.91 Å². The van der Waals surface area contributed by atoms with Gasteiger partial charge in [-0.15, -0.1) is 0 Å². The number of nitrogens with zero attached hydrogens (tertiary/aromatic N) is 1. The molecular weight excluding hydrogens is 542 g/mol. The average Bonchev–Trinajstić information content (AvgIpc) is 2.95. The maximum Gasteiger partial charge on any atom is 0.356 e. The van der Waals surface area contributed by atoms with E-state index in [0.717, 1.165) is 22.5 Å². The van der Waals surface area contributed by atoms with Gasteiger partial charge in [-0.2, -0.15) is 0 Å². The van der Waals surface area contributed by atoms with Crippen LogP contribution in [0.4, 0.5) is 17.1 Å². The van der Waals surface area contributed by atoms with E-state index in [0.29, 0.717) is 29.8 Å². The molecule has 1 aliphatic heterocycles. The molecule has 1 aliphatic rings. The number of hydrogen-bond acceptors (Lipinski definition) is 7. The van der Waals surface area contributed by atoms with Crippen molar-refractivity contribution in [1.82, 2.24) is 0 Å². The van der Waals surface area contributed by atoms with E-state index >= 15 is 0 Å². The number of nitrogens with two attached hydrogens (primary N) is 1. The lowest BCUT2D eigenvalue weighted by atomic mass is 9.88. The van der Waals surface area contributed by atoms with Crippen molar-refractivity contribution in [3.63, 3.8) is 0 Å². The van der Waals surface area contributed by atoms with Gasteiger partial charge in [-0.1, -0.05) is 42.5 Å². The van der Waals surface area contributed by atoms with Crippen LogP contribution in [0.2, 0.25) is 0 Å². The number of benzene rings is 3. The molecule has 0 aromatic heterocycles. The highest BCUT2D eigenvalue weighted by Crippen LogP contribution is 2.41. The number of amides is 1. The first-order valence-electron chi connectivity index (χ1n) is 13.2. The van der Waals surface area contributed by atoms with Crippen molar-refractivity contribution in [2.24, 2.45) is 5.73 Å². The number of halogens is 1. The lowest BCUT2D eigenvalue weighted by Gasteiger charge is -2.34. The van der Waals surface area contributed by atoms with E-state index in [-0.39, 0.29) is 17.9 Å². The number of para-hydroxylation sites is 2. The fraction of sp³-hybridized carbons (Fsp3) is 0.250. The van der Waals surface area contributed by atoms with E-state index in [1.807, 2.05) is 53.4 Å². The number of fused-ring (bicyclic) bond motifs is 1. The molecule has 4 rings (SSSR count). The zero-order chi connectivity index (χ0) is 29.7. The molecule has 1 unspecified atom stereocenters. The molecule has 0 bridgehead atoms. The van der Waals surface area contributed by atoms with Crippen molar-refractivity contribution < 1.29 is 23.4 Å². The molecule has 1 atom stereocenters. The first kappa shape index (κ1) is 29.8. The van der Waals surface area contributed by atoms with Crippen molar-refractivity contribution in [2.75, 3.05) is 16.8 Å². The van der Waals surface area contributed by atoms with Gasteiger partial charge in [-0.3, -0.25) is 9.59 Å². The molecule has 0 fully saturated rings. The van der Waals surface area contributed by atoms with Gasteiger partial charge in [0.15, 0.2) is 0 Å². The van der Waals surface area contributed by atoms with Crippen LogP contribution < -0.4 is 16.0 Å². The molecule has 0 saturated heterocycles. The second-order valence-corrected chi connectivity index (χ2v) is 10.9. The number of rotatable bonds is 7. The zero-order valence-corrected chi connectivity index (χ0v) is 24.0. The largest absolute Gasteiger partial charge is 0.459 e. The number of carbonyl (C=O) groups excluding carboxylic acids is 3. The van der Waals surface area contributed by atoms with Gasteiger partial charge in [0.05, 0.1) is 5.56 Å². The number of hydrogen-bond donors (Lipinski definition) is 2. The van der Waals surface area contributed by atoms with Gasteiger partial charge in [0, 0.05) is 41.2 Å². The Balaban J connectivity index is 1.77. The summed E-state index contributed by atoms with van der Waals surface area (Å²) >= 11 is 5.34. The molecule has 213 valence electrons. The molecule has 3 N–H and O–H groups in total. The Hall–Kier alpha value is -4.14. The summed E-state index contributed by atoms with van der Waals surface area (Å²) in [6.07, 6.45) is 0.455. The van der Waals surface area contributed by atoms with E-state index in [2.05, 4.69) is 16.5 Å². The molecule has 1 amide bonds. The Labute approximate surface area is 245 Å². The van der Waals surface area contributed by atoms with Crippen LogP contribution in [0.3, 0.4) is 0 Å². The molecule has 0 spiro atoms. The maximum atomic E-state index is 13.7. The van der Waals surface area contributed by atoms with Gasteiger partial charge < -0.3 is 25.0 Å². The summed E-state index contributed by atoms with van der Waals surface area (Å²) in [5.74, 6) is -1.62. The summed E-state index contributed by atoms with van der Waals surface area (Å²) in [6.45, 7) is 9.69. The molecule has 3 aromatic carbocycles. The highest BCUT2D eigenvalue weighted by Gasteiger charge is 2.30. The van der Waals surface area contributed by atoms with Crippen LogP contribution in [0, 0.1) is 6.92 Å². The SMILES string of the molecule is [CH2]c1ccc(N2CCC(=C(CC(N)C(=O)OC(C)(C)C)C(=O)Nc3ccccc3)c3ccccc32)cc1C(=O)OCl. The van der Waals surface area contributed by atoms with Gasteiger partial charge in [-0.05, 0) is 75.6 Å². The predicted octanol–water partition coefficient (Wildman–Crippen LogP) is 6.17. The van der Waals surface area contributed by atoms with Crippen LogP contribution in [0.5, 0.6) is 0 Å². The third-order valence-electron chi connectivity index (χ3n) is 6.60. The van der Waals surface area contributed by atoms with Crippen LogP contribution in [0.25, 0.3) is 5.57 Å². The lowest BCUT2D eigenvalue weighted by Crippen LogP contribution is -2.39. The van der Waals surface area contributed by atoms with Crippen LogP contribution in [0.15, 0.2) is 78.4 Å². The lowest BCUT2D eigenvalue weighted by molar-refractivity contribution is -0.156. The van der Waals surface area contributed by atoms with E-state index in [4.69, 9.17) is 22.3 Å². The minimum atomic E-state index is -1.04. The highest BCUT2D eigenvalue weighted by molar-refractivity contribution is 6.16. The normalized spacial score (nSPS) is 14.9. The Bertz CT molecular complexity index is 1480. The third kappa shape index (κ3) is 7.14. The molecule has 0 aliphatic carbocycles. The van der Waals surface area contributed by atoms with E-state index < -0.39 is 23.6 Å². The second-order valence-electron chi connectivity index (χ2n) is 10.7. The fourth-order valence-corrected chi connectivity index (χ4v) is 4.83. The van der Waals surface area contributed by atoms with Crippen molar-refractivity contribution in [1.29, 1.82) is 0 Å². The number of anilines is 3. The smallest absolute Gasteiger partial charge is 0.356 e. The molecule has 0 saturated carbocycles. The molecule has 1 radical (unpaired) electrons. The molecule has 9 heteroatoms. The molecule has 3 aromatic rings. The monoisotopic (exact) mass is 574 g/mol. The standard InChI is InChI=1S/C32H33ClN3O5/c1-20-14-15-22(18-25(20)30(38)41-33)36-17-16-23(24-12-8-9-13-28(24)36)26(19-27(34)31(39)40-32(2,3)4)29(37)35-21-10-6-5-7-11-21/h5-15,18,27H,1,16-17,19,34H2,2-4H3,(H,35,37). The van der Waals surface area contributed by atoms with Crippen LogP contribution >= 0.6 is 11.9 Å². The van der Waals surface area contributed by atoms with Gasteiger partial charge in [0.1, 0.15) is 23.5 Å². The number of ether oxygens (including phenoxy) is 1. The summed E-state index contributed by atoms with van der Waals surface area (Å²) in [5.41, 5.74) is 10.5. The number of nitrogens with one attached hydrogen (secondary N) is 1. The van der Waals surface area contributed by atoms with Crippen molar-refractivity contribution in [2.45, 2.75) is 45.3 Å². The summed E-state index contributed by atoms with van der Waals surface area (Å²) < 4.78 is 9.91. The van der Waals surface area contributed by atoms with Crippen molar-refractivity contribution in [3.05, 3.63) is 102 Å². The van der Waals surface area contributed by atoms with E-state index in [9.17, 15) is 14.4 Å². The van der Waals surface area contributed by atoms with Gasteiger partial charge in [0.2, 0.25) is 0 Å². The van der Waals surface area contributed by atoms with Crippen molar-refractivity contribution in [3.8, 4) is 0 Å². The van der Waals surface area contributed by atoms with E-state index in [1.54, 1.807) is 45.0 Å². The minimum absolute atomic E-state index is 0.0147. The first-order chi connectivity index (χ1) is 19.5. The van der Waals surface area contributed by atoms with Crippen LogP contribution in [0.1, 0.15) is 55.1 Å². The maximum absolute atomic E-state index is 13.7. The summed E-state index contributed by atoms with van der Waals surface area (Å²) in [7, 11) is 0. The third-order valence-corrected chi connectivity index (χ3v) is 6.74. The Kier molecular flexibility index (Phi) is 9.15. The second kappa shape index (κ2) is 12.6. The fourth-order valence-electron chi connectivity index (χ4n) is 4.75. The van der Waals surface area contributed by atoms with Crippen LogP contribution in [-0.4, -0.2) is 36.0 Å². The quantitative estimate of drug-likeness (QED) is 0.256. The molecule has 8 nitrogen and oxygen atoms in total. The van der Waals surface area contributed by atoms with E-state index in [1.165, 1.54) is 0 Å². The topological polar surface area (TPSA) is 111 Å². The van der Waals surface area contributed by atoms with Crippen LogP contribution in [-0.2, 0) is 18.6 Å². The zero-order valence-electron chi connectivity index (χ0n) is 23.3. The number of esters is 1. The number of carbonyl (C=O) groups is 3. The van der Waals surface area contributed by atoms with Gasteiger partial charge >= 0.3 is 11.9 Å². The first-order valence-corrected chi connectivity index (χ1v) is 13.5. The minimum Gasteiger partial charge on any atom is -0.459 e. The average molecular weight is 575 g/mol. The summed E-state index contributed by atoms with van der Waals surface area (Å²) in [6, 6.07) is 21.0.